The first kappa shape index (κ1) is 16.0. The summed E-state index contributed by atoms with van der Waals surface area (Å²) in [5.74, 6) is 0. The van der Waals surface area contributed by atoms with E-state index in [1.165, 1.54) is 33.4 Å². The normalized spacial score (nSPS) is 11.8. The Hall–Kier alpha value is -2.86. The summed E-state index contributed by atoms with van der Waals surface area (Å²) in [6, 6.07) is 28.0. The topological polar surface area (TPSA) is 0 Å². The monoisotopic (exact) mass is 310 g/mol. The quantitative estimate of drug-likeness (QED) is 0.455. The molecule has 0 radical (unpaired) electrons. The van der Waals surface area contributed by atoms with Crippen molar-refractivity contribution in [2.24, 2.45) is 0 Å². The molecule has 0 heterocycles. The van der Waals surface area contributed by atoms with Gasteiger partial charge in [0.1, 0.15) is 0 Å². The fourth-order valence-corrected chi connectivity index (χ4v) is 2.93. The Balaban J connectivity index is 2.01. The van der Waals surface area contributed by atoms with Crippen LogP contribution in [0, 0.1) is 0 Å². The van der Waals surface area contributed by atoms with Crippen LogP contribution in [0.3, 0.4) is 0 Å². The molecule has 0 nitrogen and oxygen atoms in total. The summed E-state index contributed by atoms with van der Waals surface area (Å²) in [4.78, 5) is 0. The highest BCUT2D eigenvalue weighted by Gasteiger charge is 2.04. The van der Waals surface area contributed by atoms with Crippen molar-refractivity contribution in [2.45, 2.75) is 13.8 Å². The van der Waals surface area contributed by atoms with Crippen molar-refractivity contribution in [2.75, 3.05) is 0 Å². The van der Waals surface area contributed by atoms with Gasteiger partial charge in [-0.25, -0.2) is 0 Å². The predicted octanol–water partition coefficient (Wildman–Crippen LogP) is 7.00. The zero-order chi connectivity index (χ0) is 16.8. The van der Waals surface area contributed by atoms with E-state index in [1.807, 2.05) is 0 Å². The first-order valence-electron chi connectivity index (χ1n) is 8.37. The largest absolute Gasteiger partial charge is 0.0871 e. The van der Waals surface area contributed by atoms with Crippen LogP contribution in [0.2, 0.25) is 0 Å². The number of hydrogen-bond donors (Lipinski definition) is 0. The third-order valence-corrected chi connectivity index (χ3v) is 4.16. The van der Waals surface area contributed by atoms with Gasteiger partial charge in [0, 0.05) is 0 Å². The third kappa shape index (κ3) is 3.55. The third-order valence-electron chi connectivity index (χ3n) is 4.16. The summed E-state index contributed by atoms with van der Waals surface area (Å²) in [7, 11) is 0. The molecular formula is C24H22. The van der Waals surface area contributed by atoms with Gasteiger partial charge in [-0.05, 0) is 59.4 Å². The van der Waals surface area contributed by atoms with Gasteiger partial charge in [-0.3, -0.25) is 0 Å². The molecule has 3 aromatic carbocycles. The van der Waals surface area contributed by atoms with Crippen molar-refractivity contribution >= 4 is 5.57 Å². The van der Waals surface area contributed by atoms with Crippen molar-refractivity contribution in [1.82, 2.24) is 0 Å². The van der Waals surface area contributed by atoms with E-state index in [0.717, 1.165) is 0 Å². The molecule has 0 heteroatoms. The van der Waals surface area contributed by atoms with Crippen molar-refractivity contribution in [3.8, 4) is 22.3 Å². The van der Waals surface area contributed by atoms with E-state index in [2.05, 4.69) is 111 Å². The first-order chi connectivity index (χ1) is 11.8. The molecule has 0 aliphatic rings. The minimum Gasteiger partial charge on any atom is -0.0871 e. The molecule has 0 N–H and O–H groups in total. The summed E-state index contributed by atoms with van der Waals surface area (Å²) in [6.07, 6.45) is 6.39. The molecule has 0 atom stereocenters. The van der Waals surface area contributed by atoms with Crippen LogP contribution in [-0.4, -0.2) is 0 Å². The van der Waals surface area contributed by atoms with Crippen molar-refractivity contribution in [1.29, 1.82) is 0 Å². The van der Waals surface area contributed by atoms with Crippen LogP contribution in [0.5, 0.6) is 0 Å². The van der Waals surface area contributed by atoms with E-state index in [-0.39, 0.29) is 0 Å². The van der Waals surface area contributed by atoms with Gasteiger partial charge in [0.05, 0.1) is 0 Å². The highest BCUT2D eigenvalue weighted by Crippen LogP contribution is 2.28. The summed E-state index contributed by atoms with van der Waals surface area (Å²) < 4.78 is 0. The molecule has 0 aliphatic heterocycles. The highest BCUT2D eigenvalue weighted by atomic mass is 14.1. The molecule has 118 valence electrons. The van der Waals surface area contributed by atoms with Crippen molar-refractivity contribution in [3.63, 3.8) is 0 Å². The van der Waals surface area contributed by atoms with E-state index in [1.54, 1.807) is 0 Å². The summed E-state index contributed by atoms with van der Waals surface area (Å²) >= 11 is 0. The van der Waals surface area contributed by atoms with Gasteiger partial charge in [-0.1, -0.05) is 85.0 Å². The number of rotatable bonds is 4. The van der Waals surface area contributed by atoms with Crippen LogP contribution >= 0.6 is 0 Å². The fraction of sp³-hybridized carbons (Fsp3) is 0.0833. The van der Waals surface area contributed by atoms with Crippen LogP contribution in [0.25, 0.3) is 27.8 Å². The Labute approximate surface area is 144 Å². The highest BCUT2D eigenvalue weighted by molar-refractivity contribution is 5.79. The maximum absolute atomic E-state index is 2.26. The molecule has 0 aromatic heterocycles. The van der Waals surface area contributed by atoms with Gasteiger partial charge in [0.25, 0.3) is 0 Å². The lowest BCUT2D eigenvalue weighted by Crippen LogP contribution is -1.85. The van der Waals surface area contributed by atoms with Crippen molar-refractivity contribution < 1.29 is 0 Å². The molecule has 3 rings (SSSR count). The molecule has 0 unspecified atom stereocenters. The van der Waals surface area contributed by atoms with Gasteiger partial charge in [0.15, 0.2) is 0 Å². The minimum atomic E-state index is 1.24. The first-order valence-corrected chi connectivity index (χ1v) is 8.37. The SMILES string of the molecule is C/C=C\C(=C/C)c1cccc(-c2cccc(-c3ccccc3)c2)c1. The Morgan fingerprint density at radius 2 is 1.21 bits per heavy atom. The molecule has 0 fully saturated rings. The number of benzene rings is 3. The molecule has 0 saturated heterocycles. The summed E-state index contributed by atoms with van der Waals surface area (Å²) in [5.41, 5.74) is 7.48. The molecule has 0 bridgehead atoms. The van der Waals surface area contributed by atoms with Crippen molar-refractivity contribution in [3.05, 3.63) is 103 Å². The Morgan fingerprint density at radius 1 is 0.625 bits per heavy atom. The molecule has 3 aromatic rings. The van der Waals surface area contributed by atoms with Crippen LogP contribution < -0.4 is 0 Å². The standard InChI is InChI=1S/C24H22/c1-3-10-19(4-2)21-13-8-15-23(17-21)24-16-9-14-22(18-24)20-11-6-5-7-12-20/h3-18H,1-2H3/b10-3-,19-4+. The van der Waals surface area contributed by atoms with Crippen LogP contribution in [0.4, 0.5) is 0 Å². The molecule has 0 spiro atoms. The van der Waals surface area contributed by atoms with E-state index >= 15 is 0 Å². The van der Waals surface area contributed by atoms with Gasteiger partial charge in [0.2, 0.25) is 0 Å². The lowest BCUT2D eigenvalue weighted by atomic mass is 9.96. The van der Waals surface area contributed by atoms with Gasteiger partial charge < -0.3 is 0 Å². The molecule has 0 aliphatic carbocycles. The number of hydrogen-bond acceptors (Lipinski definition) is 0. The van der Waals surface area contributed by atoms with Gasteiger partial charge >= 0.3 is 0 Å². The van der Waals surface area contributed by atoms with E-state index < -0.39 is 0 Å². The molecule has 0 saturated carbocycles. The van der Waals surface area contributed by atoms with Gasteiger partial charge in [-0.15, -0.1) is 0 Å². The maximum atomic E-state index is 2.26. The second-order valence-corrected chi connectivity index (χ2v) is 5.77. The average molecular weight is 310 g/mol. The lowest BCUT2D eigenvalue weighted by molar-refractivity contribution is 1.55. The minimum absolute atomic E-state index is 1.24. The maximum Gasteiger partial charge on any atom is -0.0178 e. The molecular weight excluding hydrogens is 288 g/mol. The second-order valence-electron chi connectivity index (χ2n) is 5.77. The number of allylic oxidation sites excluding steroid dienone is 4. The van der Waals surface area contributed by atoms with E-state index in [9.17, 15) is 0 Å². The van der Waals surface area contributed by atoms with Crippen LogP contribution in [-0.2, 0) is 0 Å². The van der Waals surface area contributed by atoms with E-state index in [4.69, 9.17) is 0 Å². The zero-order valence-electron chi connectivity index (χ0n) is 14.2. The molecule has 24 heavy (non-hydrogen) atoms. The second kappa shape index (κ2) is 7.61. The van der Waals surface area contributed by atoms with Crippen LogP contribution in [0.1, 0.15) is 19.4 Å². The Kier molecular flexibility index (Phi) is 5.08. The van der Waals surface area contributed by atoms with Gasteiger partial charge in [-0.2, -0.15) is 0 Å². The van der Waals surface area contributed by atoms with E-state index in [0.29, 0.717) is 0 Å². The zero-order valence-corrected chi connectivity index (χ0v) is 14.2. The Morgan fingerprint density at radius 3 is 1.88 bits per heavy atom. The lowest BCUT2D eigenvalue weighted by Gasteiger charge is -2.09. The van der Waals surface area contributed by atoms with Crippen LogP contribution in [0.15, 0.2) is 97.1 Å². The summed E-state index contributed by atoms with van der Waals surface area (Å²) in [6.45, 7) is 4.13. The Bertz CT molecular complexity index is 867. The predicted molar refractivity (Wildman–Crippen MR) is 106 cm³/mol. The average Bonchev–Trinajstić information content (AvgIpc) is 2.67. The fourth-order valence-electron chi connectivity index (χ4n) is 2.93. The summed E-state index contributed by atoms with van der Waals surface area (Å²) in [5, 5.41) is 0. The molecule has 0 amide bonds. The smallest absolute Gasteiger partial charge is 0.0178 e.